The van der Waals surface area contributed by atoms with Gasteiger partial charge in [-0.1, -0.05) is 6.07 Å². The van der Waals surface area contributed by atoms with Crippen LogP contribution in [0.25, 0.3) is 11.3 Å². The number of amides is 1. The molecule has 1 saturated carbocycles. The molecule has 3 rings (SSSR count). The van der Waals surface area contributed by atoms with Crippen LogP contribution in [0.2, 0.25) is 0 Å². The smallest absolute Gasteiger partial charge is 0.407 e. The van der Waals surface area contributed by atoms with E-state index in [9.17, 15) is 13.6 Å². The van der Waals surface area contributed by atoms with E-state index < -0.39 is 23.3 Å². The molecule has 1 amide bonds. The van der Waals surface area contributed by atoms with E-state index in [0.29, 0.717) is 5.69 Å². The minimum absolute atomic E-state index is 0.0186. The van der Waals surface area contributed by atoms with Crippen molar-refractivity contribution in [2.75, 3.05) is 0 Å². The third-order valence-corrected chi connectivity index (χ3v) is 3.91. The molecule has 6 heteroatoms. The molecule has 2 atom stereocenters. The normalized spacial score (nSPS) is 19.4. The lowest BCUT2D eigenvalue weighted by molar-refractivity contribution is 0.0523. The maximum absolute atomic E-state index is 13.8. The van der Waals surface area contributed by atoms with Crippen LogP contribution in [0.3, 0.4) is 0 Å². The number of alkyl carbamates (subject to hydrolysis) is 1. The Labute approximate surface area is 145 Å². The zero-order valence-corrected chi connectivity index (χ0v) is 14.3. The molecule has 132 valence electrons. The predicted octanol–water partition coefficient (Wildman–Crippen LogP) is 4.41. The SMILES string of the molecule is CC(C)(C)OC(=O)NC1CC1c1ccc(-c2ccc(F)cc2F)nc1. The van der Waals surface area contributed by atoms with Crippen LogP contribution in [0.1, 0.15) is 38.7 Å². The molecule has 1 aromatic carbocycles. The summed E-state index contributed by atoms with van der Waals surface area (Å²) >= 11 is 0. The van der Waals surface area contributed by atoms with Gasteiger partial charge in [0.05, 0.1) is 5.69 Å². The Bertz CT molecular complexity index is 785. The molecule has 0 spiro atoms. The number of halogens is 2. The maximum atomic E-state index is 13.8. The van der Waals surface area contributed by atoms with Gasteiger partial charge in [-0.2, -0.15) is 0 Å². The first kappa shape index (κ1) is 17.3. The van der Waals surface area contributed by atoms with Gasteiger partial charge in [-0.15, -0.1) is 0 Å². The number of nitrogens with zero attached hydrogens (tertiary/aromatic N) is 1. The van der Waals surface area contributed by atoms with E-state index in [1.807, 2.05) is 26.8 Å². The highest BCUT2D eigenvalue weighted by molar-refractivity contribution is 5.69. The summed E-state index contributed by atoms with van der Waals surface area (Å²) in [6.07, 6.45) is 2.04. The fourth-order valence-electron chi connectivity index (χ4n) is 2.66. The van der Waals surface area contributed by atoms with E-state index >= 15 is 0 Å². The fraction of sp³-hybridized carbons (Fsp3) is 0.368. The molecule has 1 N–H and O–H groups in total. The highest BCUT2D eigenvalue weighted by Crippen LogP contribution is 2.41. The van der Waals surface area contributed by atoms with Crippen LogP contribution in [0.5, 0.6) is 0 Å². The minimum Gasteiger partial charge on any atom is -0.444 e. The Kier molecular flexibility index (Phi) is 4.45. The molecule has 1 aromatic heterocycles. The van der Waals surface area contributed by atoms with E-state index in [1.54, 1.807) is 12.3 Å². The van der Waals surface area contributed by atoms with Gasteiger partial charge in [0.1, 0.15) is 17.2 Å². The summed E-state index contributed by atoms with van der Waals surface area (Å²) in [6, 6.07) is 6.99. The molecular weight excluding hydrogens is 326 g/mol. The first-order chi connectivity index (χ1) is 11.7. The standard InChI is InChI=1S/C19H20F2N2O2/c1-19(2,3)25-18(24)23-17-9-14(17)11-4-7-16(22-10-11)13-6-5-12(20)8-15(13)21/h4-8,10,14,17H,9H2,1-3H3,(H,23,24). The minimum atomic E-state index is -0.642. The van der Waals surface area contributed by atoms with Gasteiger partial charge in [-0.05, 0) is 51.0 Å². The summed E-state index contributed by atoms with van der Waals surface area (Å²) in [4.78, 5) is 16.0. The third-order valence-electron chi connectivity index (χ3n) is 3.91. The van der Waals surface area contributed by atoms with E-state index in [2.05, 4.69) is 10.3 Å². The van der Waals surface area contributed by atoms with Crippen LogP contribution in [0.4, 0.5) is 13.6 Å². The van der Waals surface area contributed by atoms with Gasteiger partial charge in [0.2, 0.25) is 0 Å². The quantitative estimate of drug-likeness (QED) is 0.896. The molecule has 25 heavy (non-hydrogen) atoms. The lowest BCUT2D eigenvalue weighted by Gasteiger charge is -2.19. The van der Waals surface area contributed by atoms with E-state index in [4.69, 9.17) is 4.74 Å². The van der Waals surface area contributed by atoms with Gasteiger partial charge in [0.15, 0.2) is 0 Å². The van der Waals surface area contributed by atoms with Gasteiger partial charge in [0, 0.05) is 29.8 Å². The Morgan fingerprint density at radius 2 is 2.00 bits per heavy atom. The lowest BCUT2D eigenvalue weighted by Crippen LogP contribution is -2.34. The Morgan fingerprint density at radius 1 is 1.24 bits per heavy atom. The molecule has 0 bridgehead atoms. The largest absolute Gasteiger partial charge is 0.444 e. The Hall–Kier alpha value is -2.50. The second-order valence-corrected chi connectivity index (χ2v) is 7.20. The maximum Gasteiger partial charge on any atom is 0.407 e. The molecule has 1 aliphatic rings. The van der Waals surface area contributed by atoms with E-state index in [1.165, 1.54) is 12.1 Å². The number of hydrogen-bond donors (Lipinski definition) is 1. The Morgan fingerprint density at radius 3 is 2.60 bits per heavy atom. The highest BCUT2D eigenvalue weighted by Gasteiger charge is 2.40. The molecule has 2 unspecified atom stereocenters. The number of ether oxygens (including phenoxy) is 1. The number of benzene rings is 1. The van der Waals surface area contributed by atoms with Crippen LogP contribution < -0.4 is 5.32 Å². The number of aromatic nitrogens is 1. The van der Waals surface area contributed by atoms with Crippen molar-refractivity contribution in [2.24, 2.45) is 0 Å². The van der Waals surface area contributed by atoms with E-state index in [0.717, 1.165) is 18.1 Å². The molecular formula is C19H20F2N2O2. The predicted molar refractivity (Wildman–Crippen MR) is 90.1 cm³/mol. The summed E-state index contributed by atoms with van der Waals surface area (Å²) in [6.45, 7) is 5.44. The monoisotopic (exact) mass is 346 g/mol. The number of pyridine rings is 1. The van der Waals surface area contributed by atoms with Crippen molar-refractivity contribution in [3.8, 4) is 11.3 Å². The van der Waals surface area contributed by atoms with Gasteiger partial charge in [-0.3, -0.25) is 4.98 Å². The van der Waals surface area contributed by atoms with Crippen LogP contribution >= 0.6 is 0 Å². The third kappa shape index (κ3) is 4.32. The number of nitrogens with one attached hydrogen (secondary N) is 1. The number of carbonyl (C=O) groups excluding carboxylic acids is 1. The number of carbonyl (C=O) groups is 1. The number of hydrogen-bond acceptors (Lipinski definition) is 3. The fourth-order valence-corrected chi connectivity index (χ4v) is 2.66. The van der Waals surface area contributed by atoms with Gasteiger partial charge < -0.3 is 10.1 Å². The van der Waals surface area contributed by atoms with Crippen molar-refractivity contribution in [3.63, 3.8) is 0 Å². The van der Waals surface area contributed by atoms with Gasteiger partial charge >= 0.3 is 6.09 Å². The van der Waals surface area contributed by atoms with Crippen molar-refractivity contribution in [3.05, 3.63) is 53.7 Å². The second-order valence-electron chi connectivity index (χ2n) is 7.20. The summed E-state index contributed by atoms with van der Waals surface area (Å²) in [7, 11) is 0. The van der Waals surface area contributed by atoms with E-state index in [-0.39, 0.29) is 17.5 Å². The van der Waals surface area contributed by atoms with Crippen molar-refractivity contribution in [2.45, 2.75) is 44.8 Å². The van der Waals surface area contributed by atoms with Crippen LogP contribution in [-0.4, -0.2) is 22.7 Å². The Balaban J connectivity index is 1.63. The molecule has 4 nitrogen and oxygen atoms in total. The van der Waals surface area contributed by atoms with Crippen LogP contribution in [-0.2, 0) is 4.74 Å². The van der Waals surface area contributed by atoms with Crippen molar-refractivity contribution < 1.29 is 18.3 Å². The van der Waals surface area contributed by atoms with Crippen molar-refractivity contribution >= 4 is 6.09 Å². The second kappa shape index (κ2) is 6.43. The first-order valence-electron chi connectivity index (χ1n) is 8.14. The highest BCUT2D eigenvalue weighted by atomic mass is 19.1. The molecule has 0 radical (unpaired) electrons. The van der Waals surface area contributed by atoms with Crippen LogP contribution in [0.15, 0.2) is 36.5 Å². The topological polar surface area (TPSA) is 51.2 Å². The summed E-state index contributed by atoms with van der Waals surface area (Å²) in [5.41, 5.74) is 1.13. The average molecular weight is 346 g/mol. The average Bonchev–Trinajstić information content (AvgIpc) is 3.24. The number of rotatable bonds is 3. The zero-order chi connectivity index (χ0) is 18.2. The summed E-state index contributed by atoms with van der Waals surface area (Å²) in [5.74, 6) is -1.09. The van der Waals surface area contributed by atoms with Crippen LogP contribution in [0, 0.1) is 11.6 Å². The molecule has 0 saturated heterocycles. The van der Waals surface area contributed by atoms with Gasteiger partial charge in [0.25, 0.3) is 0 Å². The lowest BCUT2D eigenvalue weighted by atomic mass is 10.1. The first-order valence-corrected chi connectivity index (χ1v) is 8.14. The van der Waals surface area contributed by atoms with Crippen molar-refractivity contribution in [1.82, 2.24) is 10.3 Å². The van der Waals surface area contributed by atoms with Crippen molar-refractivity contribution in [1.29, 1.82) is 0 Å². The molecule has 1 fully saturated rings. The zero-order valence-electron chi connectivity index (χ0n) is 14.3. The molecule has 2 aromatic rings. The van der Waals surface area contributed by atoms with Gasteiger partial charge in [-0.25, -0.2) is 13.6 Å². The summed E-state index contributed by atoms with van der Waals surface area (Å²) in [5, 5.41) is 2.83. The summed E-state index contributed by atoms with van der Waals surface area (Å²) < 4.78 is 32.0. The molecule has 1 aliphatic carbocycles. The molecule has 0 aliphatic heterocycles. The molecule has 1 heterocycles.